The van der Waals surface area contributed by atoms with Crippen LogP contribution in [0.15, 0.2) is 102 Å². The first-order valence-electron chi connectivity index (χ1n) is 14.7. The Labute approximate surface area is 269 Å². The third-order valence-electron chi connectivity index (χ3n) is 7.57. The van der Waals surface area contributed by atoms with Crippen LogP contribution in [0, 0.1) is 0 Å². The van der Waals surface area contributed by atoms with Gasteiger partial charge in [-0.1, -0.05) is 24.3 Å². The minimum atomic E-state index is -4.54. The summed E-state index contributed by atoms with van der Waals surface area (Å²) >= 11 is 0. The molecule has 4 aromatic rings. The number of halogens is 3. The number of carboxylic acids is 1. The highest BCUT2D eigenvalue weighted by Crippen LogP contribution is 2.31. The fourth-order valence-electron chi connectivity index (χ4n) is 5.16. The molecule has 0 radical (unpaired) electrons. The topological polar surface area (TPSA) is 131 Å². The van der Waals surface area contributed by atoms with Gasteiger partial charge in [0.2, 0.25) is 15.9 Å². The minimum Gasteiger partial charge on any atom is -0.490 e. The van der Waals surface area contributed by atoms with Crippen LogP contribution in [0.25, 0.3) is 0 Å². The number of hydrogen-bond acceptors (Lipinski definition) is 6. The highest BCUT2D eigenvalue weighted by atomic mass is 32.2. The quantitative estimate of drug-likeness (QED) is 0.156. The third-order valence-corrected chi connectivity index (χ3v) is 9.11. The smallest absolute Gasteiger partial charge is 0.416 e. The number of aromatic carboxylic acids is 1. The van der Waals surface area contributed by atoms with Crippen molar-refractivity contribution < 1.29 is 45.8 Å². The van der Waals surface area contributed by atoms with Crippen LogP contribution in [0.3, 0.4) is 0 Å². The van der Waals surface area contributed by atoms with Crippen molar-refractivity contribution in [3.8, 4) is 17.2 Å². The summed E-state index contributed by atoms with van der Waals surface area (Å²) in [4.78, 5) is 23.6. The maximum Gasteiger partial charge on any atom is 0.416 e. The molecule has 0 heterocycles. The second-order valence-electron chi connectivity index (χ2n) is 11.0. The highest BCUT2D eigenvalue weighted by Gasteiger charge is 2.31. The maximum absolute atomic E-state index is 12.8. The van der Waals surface area contributed by atoms with E-state index in [0.29, 0.717) is 48.5 Å². The number of carboxylic acid groups (broad SMARTS) is 1. The van der Waals surface area contributed by atoms with Gasteiger partial charge in [-0.15, -0.1) is 0 Å². The Kier molecular flexibility index (Phi) is 10.2. The number of para-hydroxylation sites is 1. The third kappa shape index (κ3) is 9.11. The molecule has 0 atom stereocenters. The molecule has 0 spiro atoms. The highest BCUT2D eigenvalue weighted by molar-refractivity contribution is 7.89. The standard InChI is InChI=1S/C34H31F3N2O7S/c35-34(36,37)23-7-19-29(20-8-23)47(43,44)39-24-9-13-26(14-10-24)46-28-17-15-27(16-18-28)45-25-11-5-22(6-12-25)21-32(40)38-31-4-2-1-3-30(31)33(41)42/h1-8,11-12,15-20,24,26,39H,9-10,13-14,21H2,(H,38,40)(H,41,42). The lowest BCUT2D eigenvalue weighted by Gasteiger charge is -2.29. The predicted octanol–water partition coefficient (Wildman–Crippen LogP) is 7.05. The molecule has 1 amide bonds. The average Bonchev–Trinajstić information content (AvgIpc) is 3.03. The fraction of sp³-hybridized carbons (Fsp3) is 0.235. The van der Waals surface area contributed by atoms with E-state index in [1.54, 1.807) is 60.7 Å². The zero-order valence-corrected chi connectivity index (χ0v) is 25.7. The van der Waals surface area contributed by atoms with Crippen molar-refractivity contribution in [2.24, 2.45) is 0 Å². The van der Waals surface area contributed by atoms with E-state index < -0.39 is 27.7 Å². The van der Waals surface area contributed by atoms with Gasteiger partial charge < -0.3 is 19.9 Å². The fourth-order valence-corrected chi connectivity index (χ4v) is 6.46. The Bertz CT molecular complexity index is 1800. The van der Waals surface area contributed by atoms with Crippen molar-refractivity contribution in [1.29, 1.82) is 0 Å². The number of benzene rings is 4. The van der Waals surface area contributed by atoms with Gasteiger partial charge in [0.05, 0.1) is 34.2 Å². The Morgan fingerprint density at radius 2 is 1.36 bits per heavy atom. The van der Waals surface area contributed by atoms with E-state index in [2.05, 4.69) is 10.0 Å². The number of nitrogens with one attached hydrogen (secondary N) is 2. The molecule has 4 aromatic carbocycles. The second-order valence-corrected chi connectivity index (χ2v) is 12.7. The number of hydrogen-bond donors (Lipinski definition) is 3. The maximum atomic E-state index is 12.8. The molecule has 47 heavy (non-hydrogen) atoms. The molecule has 0 bridgehead atoms. The first kappa shape index (κ1) is 33.5. The number of carbonyl (C=O) groups is 2. The van der Waals surface area contributed by atoms with Crippen molar-refractivity contribution in [2.45, 2.75) is 55.3 Å². The summed E-state index contributed by atoms with van der Waals surface area (Å²) in [6, 6.07) is 23.2. The van der Waals surface area contributed by atoms with Gasteiger partial charge in [0.1, 0.15) is 17.2 Å². The van der Waals surface area contributed by atoms with E-state index in [1.807, 2.05) is 0 Å². The van der Waals surface area contributed by atoms with E-state index in [0.717, 1.165) is 24.3 Å². The van der Waals surface area contributed by atoms with Gasteiger partial charge in [-0.25, -0.2) is 17.9 Å². The average molecular weight is 669 g/mol. The number of sulfonamides is 1. The first-order chi connectivity index (χ1) is 22.4. The molecule has 1 fully saturated rings. The molecule has 0 saturated heterocycles. The molecule has 0 aromatic heterocycles. The predicted molar refractivity (Wildman–Crippen MR) is 167 cm³/mol. The molecule has 1 saturated carbocycles. The zero-order valence-electron chi connectivity index (χ0n) is 24.9. The van der Waals surface area contributed by atoms with Crippen molar-refractivity contribution >= 4 is 27.6 Å². The van der Waals surface area contributed by atoms with Crippen LogP contribution in [0.2, 0.25) is 0 Å². The van der Waals surface area contributed by atoms with Crippen LogP contribution in [0.4, 0.5) is 18.9 Å². The summed E-state index contributed by atoms with van der Waals surface area (Å²) in [5, 5.41) is 11.9. The Balaban J connectivity index is 1.06. The van der Waals surface area contributed by atoms with Crippen molar-refractivity contribution in [2.75, 3.05) is 5.32 Å². The summed E-state index contributed by atoms with van der Waals surface area (Å²) in [6.45, 7) is 0. The van der Waals surface area contributed by atoms with Gasteiger partial charge >= 0.3 is 12.1 Å². The largest absolute Gasteiger partial charge is 0.490 e. The van der Waals surface area contributed by atoms with Crippen LogP contribution >= 0.6 is 0 Å². The van der Waals surface area contributed by atoms with Crippen LogP contribution < -0.4 is 19.5 Å². The van der Waals surface area contributed by atoms with Crippen LogP contribution in [0.1, 0.15) is 47.2 Å². The Morgan fingerprint density at radius 1 is 0.787 bits per heavy atom. The summed E-state index contributed by atoms with van der Waals surface area (Å²) in [7, 11) is -3.96. The van der Waals surface area contributed by atoms with Crippen molar-refractivity contribution in [1.82, 2.24) is 4.72 Å². The number of amides is 1. The van der Waals surface area contributed by atoms with Crippen molar-refractivity contribution in [3.05, 3.63) is 114 Å². The van der Waals surface area contributed by atoms with Gasteiger partial charge in [0.25, 0.3) is 0 Å². The van der Waals surface area contributed by atoms with Crippen LogP contribution in [-0.4, -0.2) is 37.5 Å². The number of anilines is 1. The number of carbonyl (C=O) groups excluding carboxylic acids is 1. The summed E-state index contributed by atoms with van der Waals surface area (Å²) in [5.74, 6) is 0.259. The van der Waals surface area contributed by atoms with Crippen LogP contribution in [0.5, 0.6) is 17.2 Å². The molecular weight excluding hydrogens is 637 g/mol. The first-order valence-corrected chi connectivity index (χ1v) is 16.2. The molecule has 9 nitrogen and oxygen atoms in total. The molecule has 5 rings (SSSR count). The number of alkyl halides is 3. The molecule has 0 aliphatic heterocycles. The van der Waals surface area contributed by atoms with Gasteiger partial charge in [-0.2, -0.15) is 13.2 Å². The molecule has 246 valence electrons. The van der Waals surface area contributed by atoms with E-state index >= 15 is 0 Å². The summed E-state index contributed by atoms with van der Waals surface area (Å²) < 4.78 is 78.3. The van der Waals surface area contributed by atoms with E-state index in [4.69, 9.17) is 9.47 Å². The summed E-state index contributed by atoms with van der Waals surface area (Å²) in [5.41, 5.74) is 0.0443. The Hall–Kier alpha value is -4.88. The van der Waals surface area contributed by atoms with Gasteiger partial charge in [-0.05, 0) is 104 Å². The van der Waals surface area contributed by atoms with Crippen LogP contribution in [-0.2, 0) is 27.4 Å². The summed E-state index contributed by atoms with van der Waals surface area (Å²) in [6.07, 6.45) is -2.41. The SMILES string of the molecule is O=C(Cc1ccc(Oc2ccc(OC3CCC(NS(=O)(=O)c4ccc(C(F)(F)F)cc4)CC3)cc2)cc1)Nc1ccccc1C(=O)O. The zero-order chi connectivity index (χ0) is 33.6. The molecule has 13 heteroatoms. The normalized spacial score (nSPS) is 16.7. The molecule has 1 aliphatic carbocycles. The lowest BCUT2D eigenvalue weighted by Crippen LogP contribution is -2.39. The van der Waals surface area contributed by atoms with Gasteiger partial charge in [-0.3, -0.25) is 4.79 Å². The van der Waals surface area contributed by atoms with E-state index in [1.165, 1.54) is 12.1 Å². The lowest BCUT2D eigenvalue weighted by molar-refractivity contribution is -0.137. The molecule has 0 unspecified atom stereocenters. The van der Waals surface area contributed by atoms with Gasteiger partial charge in [0.15, 0.2) is 0 Å². The van der Waals surface area contributed by atoms with E-state index in [9.17, 15) is 36.3 Å². The van der Waals surface area contributed by atoms with E-state index in [-0.39, 0.29) is 40.6 Å². The second kappa shape index (κ2) is 14.3. The molecule has 3 N–H and O–H groups in total. The monoisotopic (exact) mass is 668 g/mol. The Morgan fingerprint density at radius 3 is 1.96 bits per heavy atom. The number of rotatable bonds is 11. The molecular formula is C34H31F3N2O7S. The van der Waals surface area contributed by atoms with Gasteiger partial charge in [0, 0.05) is 6.04 Å². The number of ether oxygens (including phenoxy) is 2. The van der Waals surface area contributed by atoms with Crippen molar-refractivity contribution in [3.63, 3.8) is 0 Å². The molecule has 1 aliphatic rings. The lowest BCUT2D eigenvalue weighted by atomic mass is 9.94. The minimum absolute atomic E-state index is 0.0101.